The average molecular weight is 434 g/mol. The third-order valence-electron chi connectivity index (χ3n) is 6.74. The number of hydrogen-bond acceptors (Lipinski definition) is 8. The first-order chi connectivity index (χ1) is 15.5. The van der Waals surface area contributed by atoms with Crippen molar-refractivity contribution in [1.29, 1.82) is 5.26 Å². The van der Waals surface area contributed by atoms with Gasteiger partial charge < -0.3 is 24.4 Å². The Morgan fingerprint density at radius 3 is 2.81 bits per heavy atom. The lowest BCUT2D eigenvalue weighted by atomic mass is 9.89. The van der Waals surface area contributed by atoms with Gasteiger partial charge in [0.2, 0.25) is 0 Å². The number of aliphatic hydroxyl groups is 1. The number of hydrogen-bond donors (Lipinski definition) is 1. The van der Waals surface area contributed by atoms with E-state index in [1.807, 2.05) is 18.2 Å². The monoisotopic (exact) mass is 434 g/mol. The molecule has 0 radical (unpaired) electrons. The molecule has 0 unspecified atom stereocenters. The fraction of sp³-hybridized carbons (Fsp3) is 0.458. The SMILES string of the molecule is N#Cc1ccc(N2CCOC3(CCN(C[C@H](O)c4ccc5c(c4)COC5=O)CC3)C2)nc1. The summed E-state index contributed by atoms with van der Waals surface area (Å²) in [7, 11) is 0. The molecule has 0 amide bonds. The van der Waals surface area contributed by atoms with Crippen LogP contribution < -0.4 is 4.90 Å². The first-order valence-electron chi connectivity index (χ1n) is 11.0. The molecule has 3 aliphatic heterocycles. The molecule has 5 rings (SSSR count). The molecule has 2 fully saturated rings. The number of nitrogens with zero attached hydrogens (tertiary/aromatic N) is 4. The zero-order valence-electron chi connectivity index (χ0n) is 17.9. The molecule has 0 aliphatic carbocycles. The molecule has 1 spiro atoms. The highest BCUT2D eigenvalue weighted by atomic mass is 16.5. The number of pyridine rings is 1. The number of rotatable bonds is 4. The van der Waals surface area contributed by atoms with Gasteiger partial charge in [-0.25, -0.2) is 9.78 Å². The number of carbonyl (C=O) groups is 1. The van der Waals surface area contributed by atoms with E-state index in [1.54, 1.807) is 18.3 Å². The second kappa shape index (κ2) is 8.51. The van der Waals surface area contributed by atoms with Gasteiger partial charge in [-0.15, -0.1) is 0 Å². The number of fused-ring (bicyclic) bond motifs is 1. The molecule has 166 valence electrons. The van der Waals surface area contributed by atoms with Crippen LogP contribution in [0.4, 0.5) is 5.82 Å². The maximum Gasteiger partial charge on any atom is 0.338 e. The van der Waals surface area contributed by atoms with Crippen LogP contribution in [0.15, 0.2) is 36.5 Å². The largest absolute Gasteiger partial charge is 0.457 e. The Hall–Kier alpha value is -2.99. The van der Waals surface area contributed by atoms with Crippen molar-refractivity contribution in [2.75, 3.05) is 44.2 Å². The number of aromatic nitrogens is 1. The highest BCUT2D eigenvalue weighted by molar-refractivity contribution is 5.93. The van der Waals surface area contributed by atoms with E-state index in [0.29, 0.717) is 24.3 Å². The number of anilines is 1. The first kappa shape index (κ1) is 20.9. The van der Waals surface area contributed by atoms with Gasteiger partial charge in [0.25, 0.3) is 0 Å². The van der Waals surface area contributed by atoms with Crippen LogP contribution in [0, 0.1) is 11.3 Å². The summed E-state index contributed by atoms with van der Waals surface area (Å²) in [5, 5.41) is 19.8. The summed E-state index contributed by atoms with van der Waals surface area (Å²) in [4.78, 5) is 20.6. The Labute approximate surface area is 187 Å². The van der Waals surface area contributed by atoms with Crippen LogP contribution in [-0.4, -0.2) is 65.9 Å². The van der Waals surface area contributed by atoms with E-state index in [0.717, 1.165) is 56.0 Å². The summed E-state index contributed by atoms with van der Waals surface area (Å²) < 4.78 is 11.3. The van der Waals surface area contributed by atoms with Gasteiger partial charge in [-0.3, -0.25) is 0 Å². The van der Waals surface area contributed by atoms with Gasteiger partial charge in [-0.2, -0.15) is 5.26 Å². The van der Waals surface area contributed by atoms with Gasteiger partial charge in [0.15, 0.2) is 0 Å². The predicted octanol–water partition coefficient (Wildman–Crippen LogP) is 2.03. The van der Waals surface area contributed by atoms with Crippen molar-refractivity contribution >= 4 is 11.8 Å². The number of esters is 1. The van der Waals surface area contributed by atoms with E-state index in [2.05, 4.69) is 20.9 Å². The summed E-state index contributed by atoms with van der Waals surface area (Å²) in [6, 6.07) is 11.2. The third-order valence-corrected chi connectivity index (χ3v) is 6.74. The van der Waals surface area contributed by atoms with Crippen molar-refractivity contribution < 1.29 is 19.4 Å². The Balaban J connectivity index is 1.18. The Morgan fingerprint density at radius 1 is 1.22 bits per heavy atom. The van der Waals surface area contributed by atoms with Crippen molar-refractivity contribution in [1.82, 2.24) is 9.88 Å². The zero-order chi connectivity index (χ0) is 22.1. The van der Waals surface area contributed by atoms with E-state index in [9.17, 15) is 9.90 Å². The molecular weight excluding hydrogens is 408 g/mol. The molecule has 1 atom stereocenters. The smallest absolute Gasteiger partial charge is 0.338 e. The maximum atomic E-state index is 11.6. The molecule has 2 saturated heterocycles. The summed E-state index contributed by atoms with van der Waals surface area (Å²) in [5.41, 5.74) is 2.61. The first-order valence-corrected chi connectivity index (χ1v) is 11.0. The van der Waals surface area contributed by atoms with E-state index in [-0.39, 0.29) is 18.2 Å². The lowest BCUT2D eigenvalue weighted by molar-refractivity contribution is -0.0944. The molecule has 8 heteroatoms. The lowest BCUT2D eigenvalue weighted by Crippen LogP contribution is -2.57. The van der Waals surface area contributed by atoms with Crippen LogP contribution >= 0.6 is 0 Å². The standard InChI is InChI=1S/C24H26N4O4/c25-12-17-1-4-22(26-13-17)28-9-10-32-24(16-28)5-7-27(8-6-24)14-21(29)18-2-3-20-19(11-18)15-31-23(20)30/h1-4,11,13,21,29H,5-10,14-16H2/t21-/m0/s1. The molecule has 3 aliphatic rings. The fourth-order valence-corrected chi connectivity index (χ4v) is 4.84. The molecule has 8 nitrogen and oxygen atoms in total. The van der Waals surface area contributed by atoms with Crippen LogP contribution in [-0.2, 0) is 16.1 Å². The van der Waals surface area contributed by atoms with Gasteiger partial charge in [-0.05, 0) is 42.7 Å². The lowest BCUT2D eigenvalue weighted by Gasteiger charge is -2.47. The summed E-state index contributed by atoms with van der Waals surface area (Å²) in [6.07, 6.45) is 2.78. The van der Waals surface area contributed by atoms with Crippen LogP contribution in [0.25, 0.3) is 0 Å². The Morgan fingerprint density at radius 2 is 2.06 bits per heavy atom. The van der Waals surface area contributed by atoms with Crippen molar-refractivity contribution in [3.63, 3.8) is 0 Å². The molecule has 0 bridgehead atoms. The molecule has 0 saturated carbocycles. The van der Waals surface area contributed by atoms with E-state index >= 15 is 0 Å². The average Bonchev–Trinajstić information content (AvgIpc) is 3.21. The maximum absolute atomic E-state index is 11.6. The fourth-order valence-electron chi connectivity index (χ4n) is 4.84. The topological polar surface area (TPSA) is 98.9 Å². The van der Waals surface area contributed by atoms with E-state index in [4.69, 9.17) is 14.7 Å². The van der Waals surface area contributed by atoms with Crippen LogP contribution in [0.3, 0.4) is 0 Å². The molecular formula is C24H26N4O4. The number of β-amino-alcohol motifs (C(OH)–C–C–N with tert-alkyl or cyclic N) is 1. The predicted molar refractivity (Wildman–Crippen MR) is 116 cm³/mol. The Kier molecular flexibility index (Phi) is 5.55. The van der Waals surface area contributed by atoms with Gasteiger partial charge in [0, 0.05) is 44.5 Å². The molecule has 32 heavy (non-hydrogen) atoms. The second-order valence-electron chi connectivity index (χ2n) is 8.78. The van der Waals surface area contributed by atoms with Gasteiger partial charge in [0.1, 0.15) is 18.5 Å². The molecule has 1 aromatic heterocycles. The van der Waals surface area contributed by atoms with E-state index < -0.39 is 6.10 Å². The number of benzene rings is 1. The summed E-state index contributed by atoms with van der Waals surface area (Å²) in [5.74, 6) is 0.587. The third kappa shape index (κ3) is 4.07. The number of nitriles is 1. The number of ether oxygens (including phenoxy) is 2. The minimum atomic E-state index is -0.614. The van der Waals surface area contributed by atoms with Crippen molar-refractivity contribution in [2.45, 2.75) is 31.2 Å². The van der Waals surface area contributed by atoms with Gasteiger partial charge >= 0.3 is 5.97 Å². The van der Waals surface area contributed by atoms with Gasteiger partial charge in [0.05, 0.1) is 29.4 Å². The molecule has 4 heterocycles. The molecule has 1 aromatic carbocycles. The van der Waals surface area contributed by atoms with Gasteiger partial charge in [-0.1, -0.05) is 6.07 Å². The second-order valence-corrected chi connectivity index (χ2v) is 8.78. The number of piperidine rings is 1. The van der Waals surface area contributed by atoms with Crippen LogP contribution in [0.5, 0.6) is 0 Å². The van der Waals surface area contributed by atoms with E-state index in [1.165, 1.54) is 0 Å². The normalized spacial score (nSPS) is 21.1. The number of morpholine rings is 1. The molecule has 1 N–H and O–H groups in total. The molecule has 2 aromatic rings. The van der Waals surface area contributed by atoms with Crippen molar-refractivity contribution in [3.8, 4) is 6.07 Å². The highest BCUT2D eigenvalue weighted by Crippen LogP contribution is 2.33. The number of cyclic esters (lactones) is 1. The minimum Gasteiger partial charge on any atom is -0.457 e. The number of likely N-dealkylation sites (tertiary alicyclic amines) is 1. The van der Waals surface area contributed by atoms with Crippen molar-refractivity contribution in [3.05, 3.63) is 58.8 Å². The van der Waals surface area contributed by atoms with Crippen molar-refractivity contribution in [2.24, 2.45) is 0 Å². The quantitative estimate of drug-likeness (QED) is 0.730. The van der Waals surface area contributed by atoms with Crippen LogP contribution in [0.2, 0.25) is 0 Å². The number of carbonyl (C=O) groups excluding carboxylic acids is 1. The van der Waals surface area contributed by atoms with Crippen LogP contribution in [0.1, 0.15) is 46.0 Å². The summed E-state index contributed by atoms with van der Waals surface area (Å²) >= 11 is 0. The Bertz CT molecular complexity index is 1040. The number of aliphatic hydroxyl groups excluding tert-OH is 1. The summed E-state index contributed by atoms with van der Waals surface area (Å²) in [6.45, 7) is 4.74. The highest BCUT2D eigenvalue weighted by Gasteiger charge is 2.40. The minimum absolute atomic E-state index is 0.208. The zero-order valence-corrected chi connectivity index (χ0v) is 17.9.